The molecule has 0 radical (unpaired) electrons. The summed E-state index contributed by atoms with van der Waals surface area (Å²) in [5, 5.41) is 13.4. The molecule has 0 aliphatic rings. The SMILES string of the molecule is COc1ccc(C(O)CNCc2ccc(OC(C)C)cc2)cc1. The second-order valence-corrected chi connectivity index (χ2v) is 5.73. The van der Waals surface area contributed by atoms with E-state index < -0.39 is 6.10 Å². The van der Waals surface area contributed by atoms with E-state index in [-0.39, 0.29) is 6.10 Å². The first-order chi connectivity index (χ1) is 11.1. The molecule has 0 saturated heterocycles. The second kappa shape index (κ2) is 8.56. The van der Waals surface area contributed by atoms with E-state index in [1.165, 1.54) is 0 Å². The van der Waals surface area contributed by atoms with E-state index in [9.17, 15) is 5.11 Å². The van der Waals surface area contributed by atoms with Gasteiger partial charge in [-0.05, 0) is 49.2 Å². The summed E-state index contributed by atoms with van der Waals surface area (Å²) >= 11 is 0. The van der Waals surface area contributed by atoms with Crippen molar-refractivity contribution in [2.75, 3.05) is 13.7 Å². The summed E-state index contributed by atoms with van der Waals surface area (Å²) in [6.07, 6.45) is -0.358. The molecule has 0 fully saturated rings. The summed E-state index contributed by atoms with van der Waals surface area (Å²) < 4.78 is 10.7. The van der Waals surface area contributed by atoms with Crippen LogP contribution in [-0.2, 0) is 6.54 Å². The van der Waals surface area contributed by atoms with Crippen LogP contribution in [0.2, 0.25) is 0 Å². The Kier molecular flexibility index (Phi) is 6.44. The van der Waals surface area contributed by atoms with E-state index in [1.807, 2.05) is 62.4 Å². The first kappa shape index (κ1) is 17.3. The second-order valence-electron chi connectivity index (χ2n) is 5.73. The highest BCUT2D eigenvalue weighted by molar-refractivity contribution is 5.29. The van der Waals surface area contributed by atoms with Gasteiger partial charge >= 0.3 is 0 Å². The Labute approximate surface area is 138 Å². The molecule has 2 N–H and O–H groups in total. The minimum atomic E-state index is -0.538. The molecule has 0 aliphatic heterocycles. The van der Waals surface area contributed by atoms with Crippen LogP contribution in [0.3, 0.4) is 0 Å². The molecule has 0 bridgehead atoms. The lowest BCUT2D eigenvalue weighted by Crippen LogP contribution is -2.21. The van der Waals surface area contributed by atoms with Gasteiger partial charge in [0, 0.05) is 13.1 Å². The summed E-state index contributed by atoms with van der Waals surface area (Å²) in [7, 11) is 1.63. The zero-order valence-electron chi connectivity index (χ0n) is 14.0. The zero-order chi connectivity index (χ0) is 16.7. The average molecular weight is 315 g/mol. The summed E-state index contributed by atoms with van der Waals surface area (Å²) in [6.45, 7) is 5.22. The van der Waals surface area contributed by atoms with Gasteiger partial charge in [-0.1, -0.05) is 24.3 Å². The first-order valence-electron chi connectivity index (χ1n) is 7.87. The fourth-order valence-corrected chi connectivity index (χ4v) is 2.26. The van der Waals surface area contributed by atoms with E-state index >= 15 is 0 Å². The molecule has 2 aromatic rings. The molecular weight excluding hydrogens is 290 g/mol. The van der Waals surface area contributed by atoms with Crippen molar-refractivity contribution in [1.82, 2.24) is 5.32 Å². The Morgan fingerprint density at radius 3 is 2.13 bits per heavy atom. The van der Waals surface area contributed by atoms with Crippen LogP contribution in [0, 0.1) is 0 Å². The molecule has 0 amide bonds. The van der Waals surface area contributed by atoms with Crippen LogP contribution in [-0.4, -0.2) is 24.9 Å². The molecule has 4 heteroatoms. The highest BCUT2D eigenvalue weighted by atomic mass is 16.5. The van der Waals surface area contributed by atoms with Crippen LogP contribution in [0.1, 0.15) is 31.1 Å². The predicted molar refractivity (Wildman–Crippen MR) is 91.9 cm³/mol. The highest BCUT2D eigenvalue weighted by Gasteiger charge is 2.07. The average Bonchev–Trinajstić information content (AvgIpc) is 2.56. The Morgan fingerprint density at radius 1 is 0.957 bits per heavy atom. The van der Waals surface area contributed by atoms with E-state index in [0.29, 0.717) is 13.1 Å². The van der Waals surface area contributed by atoms with Crippen LogP contribution in [0.25, 0.3) is 0 Å². The van der Waals surface area contributed by atoms with Crippen molar-refractivity contribution in [1.29, 1.82) is 0 Å². The van der Waals surface area contributed by atoms with Crippen LogP contribution in [0.15, 0.2) is 48.5 Å². The van der Waals surface area contributed by atoms with Crippen molar-refractivity contribution in [3.8, 4) is 11.5 Å². The van der Waals surface area contributed by atoms with Gasteiger partial charge in [0.05, 0.1) is 19.3 Å². The zero-order valence-corrected chi connectivity index (χ0v) is 14.0. The Hall–Kier alpha value is -2.04. The van der Waals surface area contributed by atoms with Crippen molar-refractivity contribution in [2.45, 2.75) is 32.6 Å². The van der Waals surface area contributed by atoms with Crippen molar-refractivity contribution in [2.24, 2.45) is 0 Å². The summed E-state index contributed by atoms with van der Waals surface area (Å²) in [5.74, 6) is 1.67. The maximum atomic E-state index is 10.2. The number of hydrogen-bond acceptors (Lipinski definition) is 4. The number of aliphatic hydroxyl groups excluding tert-OH is 1. The van der Waals surface area contributed by atoms with Gasteiger partial charge in [0.25, 0.3) is 0 Å². The summed E-state index contributed by atoms with van der Waals surface area (Å²) in [6, 6.07) is 15.5. The van der Waals surface area contributed by atoms with Gasteiger partial charge < -0.3 is 19.9 Å². The Balaban J connectivity index is 1.79. The summed E-state index contributed by atoms with van der Waals surface area (Å²) in [5.41, 5.74) is 2.03. The maximum Gasteiger partial charge on any atom is 0.119 e. The minimum absolute atomic E-state index is 0.179. The van der Waals surface area contributed by atoms with Gasteiger partial charge in [-0.2, -0.15) is 0 Å². The van der Waals surface area contributed by atoms with E-state index in [4.69, 9.17) is 9.47 Å². The monoisotopic (exact) mass is 315 g/mol. The number of nitrogens with one attached hydrogen (secondary N) is 1. The first-order valence-corrected chi connectivity index (χ1v) is 7.87. The van der Waals surface area contributed by atoms with Gasteiger partial charge in [-0.15, -0.1) is 0 Å². The van der Waals surface area contributed by atoms with Crippen molar-refractivity contribution >= 4 is 0 Å². The topological polar surface area (TPSA) is 50.7 Å². The molecule has 2 rings (SSSR count). The van der Waals surface area contributed by atoms with Crippen LogP contribution in [0.4, 0.5) is 0 Å². The molecule has 1 atom stereocenters. The molecule has 4 nitrogen and oxygen atoms in total. The number of benzene rings is 2. The highest BCUT2D eigenvalue weighted by Crippen LogP contribution is 2.17. The fraction of sp³-hybridized carbons (Fsp3) is 0.368. The molecule has 124 valence electrons. The van der Waals surface area contributed by atoms with Gasteiger partial charge in [0.15, 0.2) is 0 Å². The van der Waals surface area contributed by atoms with Gasteiger partial charge in [0.1, 0.15) is 11.5 Å². The fourth-order valence-electron chi connectivity index (χ4n) is 2.26. The number of methoxy groups -OCH3 is 1. The third-order valence-electron chi connectivity index (χ3n) is 3.46. The van der Waals surface area contributed by atoms with E-state index in [1.54, 1.807) is 7.11 Å². The molecular formula is C19H25NO3. The van der Waals surface area contributed by atoms with Crippen LogP contribution < -0.4 is 14.8 Å². The molecule has 0 heterocycles. The quantitative estimate of drug-likeness (QED) is 0.785. The maximum absolute atomic E-state index is 10.2. The minimum Gasteiger partial charge on any atom is -0.497 e. The third-order valence-corrected chi connectivity index (χ3v) is 3.46. The lowest BCUT2D eigenvalue weighted by Gasteiger charge is -2.13. The lowest BCUT2D eigenvalue weighted by molar-refractivity contribution is 0.174. The lowest BCUT2D eigenvalue weighted by atomic mass is 10.1. The van der Waals surface area contributed by atoms with Crippen LogP contribution >= 0.6 is 0 Å². The molecule has 2 aromatic carbocycles. The van der Waals surface area contributed by atoms with Crippen molar-refractivity contribution in [3.05, 3.63) is 59.7 Å². The van der Waals surface area contributed by atoms with Gasteiger partial charge in [-0.25, -0.2) is 0 Å². The third kappa shape index (κ3) is 5.58. The molecule has 0 spiro atoms. The van der Waals surface area contributed by atoms with Crippen LogP contribution in [0.5, 0.6) is 11.5 Å². The number of hydrogen-bond donors (Lipinski definition) is 2. The van der Waals surface area contributed by atoms with E-state index in [0.717, 1.165) is 22.6 Å². The Bertz CT molecular complexity index is 579. The van der Waals surface area contributed by atoms with Gasteiger partial charge in [-0.3, -0.25) is 0 Å². The summed E-state index contributed by atoms with van der Waals surface area (Å²) in [4.78, 5) is 0. The number of rotatable bonds is 8. The number of ether oxygens (including phenoxy) is 2. The standard InChI is InChI=1S/C19H25NO3/c1-14(2)23-18-8-4-15(5-9-18)12-20-13-19(21)16-6-10-17(22-3)11-7-16/h4-11,14,19-21H,12-13H2,1-3H3. The Morgan fingerprint density at radius 2 is 1.57 bits per heavy atom. The van der Waals surface area contributed by atoms with E-state index in [2.05, 4.69) is 5.32 Å². The van der Waals surface area contributed by atoms with Gasteiger partial charge in [0.2, 0.25) is 0 Å². The molecule has 0 aromatic heterocycles. The molecule has 0 aliphatic carbocycles. The smallest absolute Gasteiger partial charge is 0.119 e. The molecule has 1 unspecified atom stereocenters. The van der Waals surface area contributed by atoms with Crippen molar-refractivity contribution in [3.63, 3.8) is 0 Å². The normalized spacial score (nSPS) is 12.2. The molecule has 23 heavy (non-hydrogen) atoms. The van der Waals surface area contributed by atoms with Crippen molar-refractivity contribution < 1.29 is 14.6 Å². The predicted octanol–water partition coefficient (Wildman–Crippen LogP) is 3.31. The largest absolute Gasteiger partial charge is 0.497 e. The number of aliphatic hydroxyl groups is 1. The molecule has 0 saturated carbocycles.